The molecular formula is C14H27NO2S. The van der Waals surface area contributed by atoms with Crippen molar-refractivity contribution in [2.75, 3.05) is 25.2 Å². The maximum absolute atomic E-state index is 11.1. The molecule has 0 heterocycles. The summed E-state index contributed by atoms with van der Waals surface area (Å²) in [7, 11) is 1.46. The van der Waals surface area contributed by atoms with Crippen LogP contribution in [0.3, 0.4) is 0 Å². The lowest BCUT2D eigenvalue weighted by molar-refractivity contribution is -0.137. The molecule has 4 heteroatoms. The molecule has 0 aromatic rings. The highest BCUT2D eigenvalue weighted by atomic mass is 32.2. The van der Waals surface area contributed by atoms with E-state index < -0.39 is 0 Å². The van der Waals surface area contributed by atoms with Crippen molar-refractivity contribution in [3.63, 3.8) is 0 Å². The summed E-state index contributed by atoms with van der Waals surface area (Å²) in [4.78, 5) is 11.1. The number of nitrogens with one attached hydrogen (secondary N) is 1. The van der Waals surface area contributed by atoms with Crippen LogP contribution in [-0.2, 0) is 9.53 Å². The first-order chi connectivity index (χ1) is 8.77. The molecule has 0 spiro atoms. The van der Waals surface area contributed by atoms with Gasteiger partial charge in [-0.15, -0.1) is 11.8 Å². The average Bonchev–Trinajstić information content (AvgIpc) is 2.43. The lowest BCUT2D eigenvalue weighted by Gasteiger charge is -2.31. The van der Waals surface area contributed by atoms with Crippen LogP contribution >= 0.6 is 11.8 Å². The first kappa shape index (κ1) is 15.8. The van der Waals surface area contributed by atoms with Gasteiger partial charge in [-0.3, -0.25) is 4.79 Å². The molecule has 0 aromatic carbocycles. The summed E-state index contributed by atoms with van der Waals surface area (Å²) in [5.41, 5.74) is 0. The minimum absolute atomic E-state index is 0.113. The first-order valence-electron chi connectivity index (χ1n) is 7.15. The number of rotatable bonds is 8. The van der Waals surface area contributed by atoms with E-state index in [0.29, 0.717) is 11.8 Å². The molecule has 1 N–H and O–H groups in total. The van der Waals surface area contributed by atoms with Crippen molar-refractivity contribution in [2.24, 2.45) is 5.92 Å². The standard InChI is InChI=1S/C14H27NO2S/c1-3-9-15-13(10-18-11-14(16)17-2)12-7-5-4-6-8-12/h12-13,15H,3-11H2,1-2H3. The van der Waals surface area contributed by atoms with Crippen LogP contribution in [0.5, 0.6) is 0 Å². The summed E-state index contributed by atoms with van der Waals surface area (Å²) in [6, 6.07) is 0.569. The summed E-state index contributed by atoms with van der Waals surface area (Å²) >= 11 is 1.70. The summed E-state index contributed by atoms with van der Waals surface area (Å²) in [6.45, 7) is 3.28. The quantitative estimate of drug-likeness (QED) is 0.690. The fraction of sp³-hybridized carbons (Fsp3) is 0.929. The van der Waals surface area contributed by atoms with Gasteiger partial charge in [0, 0.05) is 11.8 Å². The van der Waals surface area contributed by atoms with E-state index in [1.165, 1.54) is 45.6 Å². The van der Waals surface area contributed by atoms with E-state index in [4.69, 9.17) is 0 Å². The van der Waals surface area contributed by atoms with Crippen molar-refractivity contribution >= 4 is 17.7 Å². The highest BCUT2D eigenvalue weighted by Gasteiger charge is 2.23. The van der Waals surface area contributed by atoms with Gasteiger partial charge in [0.25, 0.3) is 0 Å². The molecule has 1 atom stereocenters. The number of ether oxygens (including phenoxy) is 1. The Labute approximate surface area is 115 Å². The normalized spacial score (nSPS) is 18.6. The Balaban J connectivity index is 2.31. The largest absolute Gasteiger partial charge is 0.468 e. The zero-order chi connectivity index (χ0) is 13.2. The van der Waals surface area contributed by atoms with E-state index in [1.54, 1.807) is 11.8 Å². The van der Waals surface area contributed by atoms with Crippen LogP contribution in [0.4, 0.5) is 0 Å². The molecule has 1 aliphatic rings. The van der Waals surface area contributed by atoms with Gasteiger partial charge >= 0.3 is 5.97 Å². The Morgan fingerprint density at radius 3 is 2.72 bits per heavy atom. The van der Waals surface area contributed by atoms with Crippen molar-refractivity contribution in [1.29, 1.82) is 0 Å². The zero-order valence-electron chi connectivity index (χ0n) is 11.7. The molecule has 0 saturated heterocycles. The molecule has 1 rings (SSSR count). The predicted octanol–water partition coefficient (Wildman–Crippen LogP) is 2.84. The van der Waals surface area contributed by atoms with Gasteiger partial charge in [-0.25, -0.2) is 0 Å². The van der Waals surface area contributed by atoms with Crippen molar-refractivity contribution < 1.29 is 9.53 Å². The molecule has 106 valence electrons. The van der Waals surface area contributed by atoms with Crippen LogP contribution in [0.1, 0.15) is 45.4 Å². The van der Waals surface area contributed by atoms with Gasteiger partial charge in [0.1, 0.15) is 0 Å². The third kappa shape index (κ3) is 6.10. The fourth-order valence-electron chi connectivity index (χ4n) is 2.56. The molecule has 1 unspecified atom stereocenters. The van der Waals surface area contributed by atoms with E-state index >= 15 is 0 Å². The summed E-state index contributed by atoms with van der Waals surface area (Å²) in [5.74, 6) is 2.20. The van der Waals surface area contributed by atoms with Gasteiger partial charge in [-0.05, 0) is 31.7 Å². The smallest absolute Gasteiger partial charge is 0.315 e. The molecule has 0 radical (unpaired) electrons. The topological polar surface area (TPSA) is 38.3 Å². The van der Waals surface area contributed by atoms with Gasteiger partial charge in [0.05, 0.1) is 12.9 Å². The van der Waals surface area contributed by atoms with Crippen LogP contribution in [0.25, 0.3) is 0 Å². The molecule has 3 nitrogen and oxygen atoms in total. The monoisotopic (exact) mass is 273 g/mol. The molecule has 1 aliphatic carbocycles. The zero-order valence-corrected chi connectivity index (χ0v) is 12.6. The highest BCUT2D eigenvalue weighted by molar-refractivity contribution is 7.99. The van der Waals surface area contributed by atoms with Crippen LogP contribution in [-0.4, -0.2) is 37.2 Å². The van der Waals surface area contributed by atoms with Crippen LogP contribution in [0.2, 0.25) is 0 Å². The van der Waals surface area contributed by atoms with Crippen LogP contribution in [0, 0.1) is 5.92 Å². The van der Waals surface area contributed by atoms with Crippen LogP contribution in [0.15, 0.2) is 0 Å². The Bertz CT molecular complexity index is 230. The molecule has 1 saturated carbocycles. The van der Waals surface area contributed by atoms with E-state index in [9.17, 15) is 4.79 Å². The van der Waals surface area contributed by atoms with Gasteiger partial charge in [-0.2, -0.15) is 0 Å². The second-order valence-corrected chi connectivity index (χ2v) is 6.08. The molecule has 0 amide bonds. The molecular weight excluding hydrogens is 246 g/mol. The minimum Gasteiger partial charge on any atom is -0.468 e. The lowest BCUT2D eigenvalue weighted by Crippen LogP contribution is -2.40. The number of hydrogen-bond donors (Lipinski definition) is 1. The maximum atomic E-state index is 11.1. The number of carbonyl (C=O) groups excluding carboxylic acids is 1. The third-order valence-electron chi connectivity index (χ3n) is 3.62. The van der Waals surface area contributed by atoms with E-state index in [-0.39, 0.29) is 5.97 Å². The van der Waals surface area contributed by atoms with Crippen molar-refractivity contribution in [2.45, 2.75) is 51.5 Å². The Morgan fingerprint density at radius 2 is 2.11 bits per heavy atom. The molecule has 0 aromatic heterocycles. The van der Waals surface area contributed by atoms with Gasteiger partial charge < -0.3 is 10.1 Å². The lowest BCUT2D eigenvalue weighted by atomic mass is 9.84. The van der Waals surface area contributed by atoms with Gasteiger partial charge in [0.15, 0.2) is 0 Å². The summed E-state index contributed by atoms with van der Waals surface area (Å²) in [6.07, 6.45) is 8.00. The van der Waals surface area contributed by atoms with E-state index in [2.05, 4.69) is 17.0 Å². The van der Waals surface area contributed by atoms with Crippen molar-refractivity contribution in [1.82, 2.24) is 5.32 Å². The number of methoxy groups -OCH3 is 1. The number of hydrogen-bond acceptors (Lipinski definition) is 4. The Morgan fingerprint density at radius 1 is 1.39 bits per heavy atom. The third-order valence-corrected chi connectivity index (χ3v) is 4.66. The van der Waals surface area contributed by atoms with E-state index in [0.717, 1.165) is 18.2 Å². The fourth-order valence-corrected chi connectivity index (χ4v) is 3.60. The van der Waals surface area contributed by atoms with Crippen molar-refractivity contribution in [3.05, 3.63) is 0 Å². The van der Waals surface area contributed by atoms with Gasteiger partial charge in [-0.1, -0.05) is 26.2 Å². The minimum atomic E-state index is -0.113. The van der Waals surface area contributed by atoms with Crippen molar-refractivity contribution in [3.8, 4) is 0 Å². The molecule has 0 bridgehead atoms. The molecule has 18 heavy (non-hydrogen) atoms. The number of carbonyl (C=O) groups is 1. The average molecular weight is 273 g/mol. The summed E-state index contributed by atoms with van der Waals surface area (Å²) < 4.78 is 4.68. The maximum Gasteiger partial charge on any atom is 0.315 e. The Kier molecular flexibility index (Phi) is 8.51. The molecule has 1 fully saturated rings. The number of thioether (sulfide) groups is 1. The van der Waals surface area contributed by atoms with E-state index in [1.807, 2.05) is 0 Å². The molecule has 0 aliphatic heterocycles. The second kappa shape index (κ2) is 9.68. The number of esters is 1. The van der Waals surface area contributed by atoms with Crippen LogP contribution < -0.4 is 5.32 Å². The SMILES string of the molecule is CCCNC(CSCC(=O)OC)C1CCCCC1. The second-order valence-electron chi connectivity index (χ2n) is 5.05. The Hall–Kier alpha value is -0.220. The van der Waals surface area contributed by atoms with Gasteiger partial charge in [0.2, 0.25) is 0 Å². The predicted molar refractivity (Wildman–Crippen MR) is 78.0 cm³/mol. The highest BCUT2D eigenvalue weighted by Crippen LogP contribution is 2.28. The first-order valence-corrected chi connectivity index (χ1v) is 8.31. The summed E-state index contributed by atoms with van der Waals surface area (Å²) in [5, 5.41) is 3.66.